The summed E-state index contributed by atoms with van der Waals surface area (Å²) >= 11 is 0. The minimum absolute atomic E-state index is 0.196. The Labute approximate surface area is 96.5 Å². The van der Waals surface area contributed by atoms with E-state index in [1.807, 2.05) is 12.1 Å². The smallest absolute Gasteiger partial charge is 0.331 e. The van der Waals surface area contributed by atoms with Gasteiger partial charge in [-0.25, -0.2) is 4.79 Å². The van der Waals surface area contributed by atoms with Crippen LogP contribution in [0.25, 0.3) is 16.7 Å². The molecule has 3 rings (SSSR count). The lowest BCUT2D eigenvalue weighted by molar-refractivity contribution is 1.00. The van der Waals surface area contributed by atoms with Gasteiger partial charge in [-0.1, -0.05) is 0 Å². The summed E-state index contributed by atoms with van der Waals surface area (Å²) < 4.78 is 1.57. The second kappa shape index (κ2) is 3.48. The number of hydrogen-bond donors (Lipinski definition) is 2. The highest BCUT2D eigenvalue weighted by Crippen LogP contribution is 2.17. The van der Waals surface area contributed by atoms with Gasteiger partial charge in [0.05, 0.1) is 22.9 Å². The van der Waals surface area contributed by atoms with E-state index in [0.717, 1.165) is 16.7 Å². The van der Waals surface area contributed by atoms with Gasteiger partial charge in [0.15, 0.2) is 0 Å². The minimum Gasteiger partial charge on any atom is -0.399 e. The van der Waals surface area contributed by atoms with Gasteiger partial charge < -0.3 is 10.7 Å². The molecule has 1 aromatic carbocycles. The molecule has 3 N–H and O–H groups in total. The Kier molecular flexibility index (Phi) is 1.98. The average Bonchev–Trinajstić information content (AvgIpc) is 2.65. The molecule has 0 unspecified atom stereocenters. The van der Waals surface area contributed by atoms with Crippen molar-refractivity contribution in [1.82, 2.24) is 14.5 Å². The first-order chi connectivity index (χ1) is 8.25. The molecule has 3 aromatic rings. The number of imidazole rings is 1. The number of aromatic amines is 1. The van der Waals surface area contributed by atoms with Crippen LogP contribution in [0.3, 0.4) is 0 Å². The van der Waals surface area contributed by atoms with Gasteiger partial charge >= 0.3 is 5.69 Å². The Morgan fingerprint density at radius 1 is 1.29 bits per heavy atom. The number of nitrogen functional groups attached to an aromatic ring is 1. The van der Waals surface area contributed by atoms with E-state index in [4.69, 9.17) is 5.73 Å². The van der Waals surface area contributed by atoms with E-state index in [-0.39, 0.29) is 5.69 Å². The fourth-order valence-corrected chi connectivity index (χ4v) is 1.87. The molecule has 0 aliphatic carbocycles. The Hall–Kier alpha value is -2.56. The summed E-state index contributed by atoms with van der Waals surface area (Å²) in [6.45, 7) is 0. The van der Waals surface area contributed by atoms with Crippen molar-refractivity contribution in [2.24, 2.45) is 0 Å². The first kappa shape index (κ1) is 9.65. The molecule has 2 aromatic heterocycles. The lowest BCUT2D eigenvalue weighted by atomic mass is 10.3. The monoisotopic (exact) mass is 226 g/mol. The van der Waals surface area contributed by atoms with Crippen LogP contribution < -0.4 is 11.4 Å². The lowest BCUT2D eigenvalue weighted by Gasteiger charge is -2.01. The van der Waals surface area contributed by atoms with E-state index in [1.54, 1.807) is 35.2 Å². The third-order valence-corrected chi connectivity index (χ3v) is 2.61. The van der Waals surface area contributed by atoms with E-state index >= 15 is 0 Å². The summed E-state index contributed by atoms with van der Waals surface area (Å²) in [7, 11) is 0. The zero-order chi connectivity index (χ0) is 11.8. The molecule has 0 aliphatic heterocycles. The molecule has 17 heavy (non-hydrogen) atoms. The lowest BCUT2D eigenvalue weighted by Crippen LogP contribution is -2.14. The highest BCUT2D eigenvalue weighted by molar-refractivity contribution is 5.80. The summed E-state index contributed by atoms with van der Waals surface area (Å²) in [5.74, 6) is 0. The highest BCUT2D eigenvalue weighted by Gasteiger charge is 2.08. The second-order valence-corrected chi connectivity index (χ2v) is 3.75. The van der Waals surface area contributed by atoms with E-state index in [0.29, 0.717) is 5.69 Å². The number of pyridine rings is 1. The molecule has 5 nitrogen and oxygen atoms in total. The van der Waals surface area contributed by atoms with Crippen LogP contribution >= 0.6 is 0 Å². The van der Waals surface area contributed by atoms with Gasteiger partial charge in [0.25, 0.3) is 0 Å². The van der Waals surface area contributed by atoms with Crippen molar-refractivity contribution in [2.75, 3.05) is 5.73 Å². The number of benzene rings is 1. The van der Waals surface area contributed by atoms with Gasteiger partial charge in [-0.2, -0.15) is 0 Å². The molecule has 5 heteroatoms. The molecule has 0 fully saturated rings. The van der Waals surface area contributed by atoms with Crippen molar-refractivity contribution in [3.05, 3.63) is 53.2 Å². The predicted molar refractivity (Wildman–Crippen MR) is 66.1 cm³/mol. The van der Waals surface area contributed by atoms with Gasteiger partial charge in [-0.3, -0.25) is 9.55 Å². The standard InChI is InChI=1S/C12H10N4O/c13-8-3-4-11-10(6-8)15-12(17)16(11)9-2-1-5-14-7-9/h1-7H,13H2,(H,15,17). The van der Waals surface area contributed by atoms with Crippen LogP contribution in [0.5, 0.6) is 0 Å². The van der Waals surface area contributed by atoms with Gasteiger partial charge in [-0.05, 0) is 30.3 Å². The number of nitrogens with two attached hydrogens (primary N) is 1. The van der Waals surface area contributed by atoms with Gasteiger partial charge in [0, 0.05) is 11.9 Å². The molecular weight excluding hydrogens is 216 g/mol. The van der Waals surface area contributed by atoms with Crippen LogP contribution in [0, 0.1) is 0 Å². The van der Waals surface area contributed by atoms with Gasteiger partial charge in [0.2, 0.25) is 0 Å². The molecule has 0 spiro atoms. The molecule has 0 saturated heterocycles. The maximum absolute atomic E-state index is 11.9. The summed E-state index contributed by atoms with van der Waals surface area (Å²) in [6.07, 6.45) is 3.31. The molecule has 84 valence electrons. The molecule has 0 amide bonds. The third kappa shape index (κ3) is 1.48. The Morgan fingerprint density at radius 3 is 2.94 bits per heavy atom. The maximum Gasteiger partial charge on any atom is 0.331 e. The molecule has 0 atom stereocenters. The van der Waals surface area contributed by atoms with Crippen LogP contribution in [-0.4, -0.2) is 14.5 Å². The SMILES string of the molecule is Nc1ccc2c(c1)[nH]c(=O)n2-c1cccnc1. The van der Waals surface area contributed by atoms with Crippen molar-refractivity contribution >= 4 is 16.7 Å². The van der Waals surface area contributed by atoms with E-state index in [9.17, 15) is 4.79 Å². The number of nitrogens with zero attached hydrogens (tertiary/aromatic N) is 2. The van der Waals surface area contributed by atoms with Crippen molar-refractivity contribution in [3.8, 4) is 5.69 Å². The zero-order valence-corrected chi connectivity index (χ0v) is 8.92. The largest absolute Gasteiger partial charge is 0.399 e. The number of H-pyrrole nitrogens is 1. The van der Waals surface area contributed by atoms with E-state index < -0.39 is 0 Å². The van der Waals surface area contributed by atoms with E-state index in [2.05, 4.69) is 9.97 Å². The summed E-state index contributed by atoms with van der Waals surface area (Å²) in [5.41, 5.74) is 8.35. The van der Waals surface area contributed by atoms with Gasteiger partial charge in [-0.15, -0.1) is 0 Å². The van der Waals surface area contributed by atoms with Crippen LogP contribution in [0.15, 0.2) is 47.5 Å². The zero-order valence-electron chi connectivity index (χ0n) is 8.92. The number of aromatic nitrogens is 3. The average molecular weight is 226 g/mol. The van der Waals surface area contributed by atoms with Crippen molar-refractivity contribution < 1.29 is 0 Å². The number of fused-ring (bicyclic) bond motifs is 1. The fourth-order valence-electron chi connectivity index (χ4n) is 1.87. The van der Waals surface area contributed by atoms with Crippen LogP contribution in [0.2, 0.25) is 0 Å². The maximum atomic E-state index is 11.9. The molecule has 0 radical (unpaired) electrons. The Bertz CT molecular complexity index is 727. The molecule has 0 saturated carbocycles. The van der Waals surface area contributed by atoms with Crippen LogP contribution in [0.1, 0.15) is 0 Å². The quantitative estimate of drug-likeness (QED) is 0.614. The number of nitrogens with one attached hydrogen (secondary N) is 1. The first-order valence-corrected chi connectivity index (χ1v) is 5.16. The van der Waals surface area contributed by atoms with Crippen LogP contribution in [-0.2, 0) is 0 Å². The summed E-state index contributed by atoms with van der Waals surface area (Å²) in [6, 6.07) is 8.94. The minimum atomic E-state index is -0.196. The van der Waals surface area contributed by atoms with Crippen LogP contribution in [0.4, 0.5) is 5.69 Å². The summed E-state index contributed by atoms with van der Waals surface area (Å²) in [4.78, 5) is 18.7. The van der Waals surface area contributed by atoms with Crippen molar-refractivity contribution in [2.45, 2.75) is 0 Å². The topological polar surface area (TPSA) is 76.7 Å². The fraction of sp³-hybridized carbons (Fsp3) is 0. The number of anilines is 1. The van der Waals surface area contributed by atoms with Gasteiger partial charge in [0.1, 0.15) is 0 Å². The Morgan fingerprint density at radius 2 is 2.18 bits per heavy atom. The summed E-state index contributed by atoms with van der Waals surface area (Å²) in [5, 5.41) is 0. The molecular formula is C12H10N4O. The molecule has 2 heterocycles. The predicted octanol–water partition coefficient (Wildman–Crippen LogP) is 1.30. The normalized spacial score (nSPS) is 10.8. The van der Waals surface area contributed by atoms with Crippen molar-refractivity contribution in [3.63, 3.8) is 0 Å². The van der Waals surface area contributed by atoms with E-state index in [1.165, 1.54) is 0 Å². The molecule has 0 bridgehead atoms. The Balaban J connectivity index is 2.37. The van der Waals surface area contributed by atoms with Crippen molar-refractivity contribution in [1.29, 1.82) is 0 Å². The third-order valence-electron chi connectivity index (χ3n) is 2.61. The first-order valence-electron chi connectivity index (χ1n) is 5.16. The molecule has 0 aliphatic rings. The second-order valence-electron chi connectivity index (χ2n) is 3.75. The highest BCUT2D eigenvalue weighted by atomic mass is 16.1. The number of rotatable bonds is 1. The number of hydrogen-bond acceptors (Lipinski definition) is 3.